The summed E-state index contributed by atoms with van der Waals surface area (Å²) >= 11 is 0. The second-order valence-electron chi connectivity index (χ2n) is 9.29. The van der Waals surface area contributed by atoms with Gasteiger partial charge in [-0.25, -0.2) is 4.79 Å². The normalized spacial score (nSPS) is 13.4. The van der Waals surface area contributed by atoms with Crippen molar-refractivity contribution in [3.8, 4) is 0 Å². The van der Waals surface area contributed by atoms with Gasteiger partial charge in [-0.1, -0.05) is 117 Å². The Balaban J connectivity index is -0.000000530. The van der Waals surface area contributed by atoms with Crippen LogP contribution in [0.4, 0.5) is 0 Å². The minimum absolute atomic E-state index is 0. The zero-order valence-corrected chi connectivity index (χ0v) is 25.0. The minimum atomic E-state index is -1.23. The summed E-state index contributed by atoms with van der Waals surface area (Å²) in [6.07, 6.45) is 21.4. The number of aliphatic hydroxyl groups excluding tert-OH is 3. The van der Waals surface area contributed by atoms with Gasteiger partial charge in [0.1, 0.15) is 6.10 Å². The third kappa shape index (κ3) is 34.5. The Morgan fingerprint density at radius 3 is 1.09 bits per heavy atom. The molecule has 0 aliphatic carbocycles. The zero-order valence-electron chi connectivity index (χ0n) is 24.0. The average Bonchev–Trinajstić information content (AvgIpc) is 2.77. The number of carboxylic acids is 1. The maximum absolute atomic E-state index is 9.88. The molecular weight excluding hydrogens is 443 g/mol. The molecule has 0 aromatic heterocycles. The Morgan fingerprint density at radius 1 is 0.618 bits per heavy atom. The fourth-order valence-electron chi connectivity index (χ4n) is 3.58. The molecule has 202 valence electrons. The molecule has 0 rings (SSSR count). The summed E-state index contributed by atoms with van der Waals surface area (Å²) in [5.41, 5.74) is 0. The first-order chi connectivity index (χ1) is 15.8. The molecule has 0 amide bonds. The van der Waals surface area contributed by atoms with Gasteiger partial charge in [-0.2, -0.15) is 0 Å². The molecule has 0 bridgehead atoms. The Labute approximate surface area is 234 Å². The molecule has 0 aliphatic heterocycles. The molecule has 7 heteroatoms. The van der Waals surface area contributed by atoms with E-state index in [1.165, 1.54) is 96.8 Å². The van der Waals surface area contributed by atoms with Gasteiger partial charge in [-0.05, 0) is 32.6 Å². The molecule has 0 radical (unpaired) electrons. The van der Waals surface area contributed by atoms with Gasteiger partial charge in [0.25, 0.3) is 0 Å². The van der Waals surface area contributed by atoms with E-state index in [1.54, 1.807) is 0 Å². The molecule has 0 aliphatic rings. The van der Waals surface area contributed by atoms with Crippen LogP contribution < -0.4 is 29.6 Å². The first-order valence-corrected chi connectivity index (χ1v) is 13.8. The van der Waals surface area contributed by atoms with E-state index in [4.69, 9.17) is 14.9 Å². The van der Waals surface area contributed by atoms with E-state index in [-0.39, 0.29) is 31.0 Å². The topological polar surface area (TPSA) is 107 Å². The standard InChI is InChI=1S/C24H50O3.C3H6O3.Na.H/c1-3-5-7-9-11-13-15-17-19-21-23(25)27-24(26)22-20-18-16-14-12-10-8-6-4-2;1-2(4)3(5)6;;/h23-26H,3-22H2,1-2H3;2,4H,1H3,(H,5,6);;/q;;+1;-1. The van der Waals surface area contributed by atoms with Crippen LogP contribution in [0.1, 0.15) is 151 Å². The van der Waals surface area contributed by atoms with Crippen LogP contribution in [-0.2, 0) is 9.53 Å². The first-order valence-electron chi connectivity index (χ1n) is 13.8. The summed E-state index contributed by atoms with van der Waals surface area (Å²) in [6, 6.07) is 0. The summed E-state index contributed by atoms with van der Waals surface area (Å²) in [6.45, 7) is 5.70. The summed E-state index contributed by atoms with van der Waals surface area (Å²) in [5, 5.41) is 35.5. The minimum Gasteiger partial charge on any atom is -1.00 e. The third-order valence-electron chi connectivity index (χ3n) is 5.78. The molecule has 3 unspecified atom stereocenters. The molecule has 3 atom stereocenters. The predicted octanol–water partition coefficient (Wildman–Crippen LogP) is 4.05. The van der Waals surface area contributed by atoms with E-state index >= 15 is 0 Å². The monoisotopic (exact) mass is 500 g/mol. The number of hydrogen-bond donors (Lipinski definition) is 4. The van der Waals surface area contributed by atoms with Gasteiger partial charge < -0.3 is 26.6 Å². The van der Waals surface area contributed by atoms with Gasteiger partial charge >= 0.3 is 35.5 Å². The number of aliphatic hydroxyl groups is 3. The van der Waals surface area contributed by atoms with Crippen molar-refractivity contribution in [3.63, 3.8) is 0 Å². The van der Waals surface area contributed by atoms with Crippen molar-refractivity contribution in [1.82, 2.24) is 0 Å². The Morgan fingerprint density at radius 2 is 0.853 bits per heavy atom. The smallest absolute Gasteiger partial charge is 1.00 e. The van der Waals surface area contributed by atoms with Crippen molar-refractivity contribution in [3.05, 3.63) is 0 Å². The van der Waals surface area contributed by atoms with E-state index < -0.39 is 24.7 Å². The first kappa shape index (κ1) is 38.8. The molecule has 34 heavy (non-hydrogen) atoms. The number of unbranched alkanes of at least 4 members (excludes halogenated alkanes) is 16. The van der Waals surface area contributed by atoms with E-state index in [1.807, 2.05) is 0 Å². The van der Waals surface area contributed by atoms with Gasteiger partial charge in [0.05, 0.1) is 0 Å². The quantitative estimate of drug-likeness (QED) is 0.0958. The largest absolute Gasteiger partial charge is 1.00 e. The van der Waals surface area contributed by atoms with Crippen LogP contribution in [0.25, 0.3) is 0 Å². The number of carbonyl (C=O) groups is 1. The van der Waals surface area contributed by atoms with Crippen LogP contribution in [0.3, 0.4) is 0 Å². The van der Waals surface area contributed by atoms with E-state index in [2.05, 4.69) is 13.8 Å². The molecule has 0 saturated heterocycles. The maximum Gasteiger partial charge on any atom is 1.00 e. The fourth-order valence-corrected chi connectivity index (χ4v) is 3.58. The zero-order chi connectivity index (χ0) is 25.2. The summed E-state index contributed by atoms with van der Waals surface area (Å²) < 4.78 is 5.31. The fraction of sp³-hybridized carbons (Fsp3) is 0.963. The van der Waals surface area contributed by atoms with E-state index in [0.717, 1.165) is 25.7 Å². The van der Waals surface area contributed by atoms with E-state index in [9.17, 15) is 15.0 Å². The van der Waals surface area contributed by atoms with Crippen LogP contribution in [0.2, 0.25) is 0 Å². The third-order valence-corrected chi connectivity index (χ3v) is 5.78. The molecule has 6 nitrogen and oxygen atoms in total. The van der Waals surface area contributed by atoms with Crippen LogP contribution in [-0.4, -0.2) is 45.1 Å². The van der Waals surface area contributed by atoms with Gasteiger partial charge in [0.15, 0.2) is 12.6 Å². The average molecular weight is 501 g/mol. The molecule has 0 fully saturated rings. The van der Waals surface area contributed by atoms with Crippen LogP contribution >= 0.6 is 0 Å². The summed E-state index contributed by atoms with van der Waals surface area (Å²) in [4.78, 5) is 9.45. The Hall–Kier alpha value is 0.310. The molecule has 0 spiro atoms. The summed E-state index contributed by atoms with van der Waals surface area (Å²) in [7, 11) is 0. The molecular formula is C27H57NaO6. The van der Waals surface area contributed by atoms with Gasteiger partial charge in [0.2, 0.25) is 0 Å². The second-order valence-corrected chi connectivity index (χ2v) is 9.29. The van der Waals surface area contributed by atoms with Crippen LogP contribution in [0.5, 0.6) is 0 Å². The molecule has 0 aromatic rings. The molecule has 4 N–H and O–H groups in total. The maximum atomic E-state index is 9.88. The molecule has 0 saturated carbocycles. The number of rotatable bonds is 23. The predicted molar refractivity (Wildman–Crippen MR) is 137 cm³/mol. The van der Waals surface area contributed by atoms with Crippen molar-refractivity contribution in [1.29, 1.82) is 0 Å². The summed E-state index contributed by atoms with van der Waals surface area (Å²) in [5.74, 6) is -1.19. The number of ether oxygens (including phenoxy) is 1. The Bertz CT molecular complexity index is 376. The second kappa shape index (κ2) is 31.3. The van der Waals surface area contributed by atoms with Gasteiger partial charge in [0, 0.05) is 0 Å². The number of aliphatic carboxylic acids is 1. The van der Waals surface area contributed by atoms with Crippen molar-refractivity contribution < 1.29 is 60.9 Å². The van der Waals surface area contributed by atoms with Crippen molar-refractivity contribution in [2.45, 2.75) is 168 Å². The van der Waals surface area contributed by atoms with Crippen LogP contribution in [0, 0.1) is 0 Å². The van der Waals surface area contributed by atoms with Crippen molar-refractivity contribution in [2.75, 3.05) is 0 Å². The van der Waals surface area contributed by atoms with Crippen LogP contribution in [0.15, 0.2) is 0 Å². The van der Waals surface area contributed by atoms with Gasteiger partial charge in [-0.15, -0.1) is 0 Å². The Kier molecular flexibility index (Phi) is 35.8. The van der Waals surface area contributed by atoms with Gasteiger partial charge in [-0.3, -0.25) is 0 Å². The number of carboxylic acid groups (broad SMARTS) is 1. The SMILES string of the molecule is CC(O)C(=O)O.CCCCCCCCCCCC(O)OC(O)CCCCCCCCCCC.[H-].[Na+]. The number of hydrogen-bond acceptors (Lipinski definition) is 5. The molecule has 0 aromatic carbocycles. The van der Waals surface area contributed by atoms with Crippen molar-refractivity contribution in [2.24, 2.45) is 0 Å². The van der Waals surface area contributed by atoms with E-state index in [0.29, 0.717) is 12.8 Å². The van der Waals surface area contributed by atoms with Crippen molar-refractivity contribution >= 4 is 5.97 Å². The molecule has 0 heterocycles.